The molecule has 0 aromatic rings. The second kappa shape index (κ2) is 7.22. The molecule has 19 heavy (non-hydrogen) atoms. The molecule has 4 heteroatoms. The van der Waals surface area contributed by atoms with E-state index < -0.39 is 5.41 Å². The van der Waals surface area contributed by atoms with Gasteiger partial charge in [0, 0.05) is 6.54 Å². The molecule has 1 rings (SSSR count). The van der Waals surface area contributed by atoms with Crippen molar-refractivity contribution in [2.75, 3.05) is 6.54 Å². The Kier molecular flexibility index (Phi) is 6.24. The van der Waals surface area contributed by atoms with Gasteiger partial charge < -0.3 is 11.1 Å². The summed E-state index contributed by atoms with van der Waals surface area (Å²) in [6, 6.07) is 0. The van der Waals surface area contributed by atoms with Crippen molar-refractivity contribution in [1.82, 2.24) is 5.32 Å². The van der Waals surface area contributed by atoms with Crippen molar-refractivity contribution in [2.45, 2.75) is 59.3 Å². The van der Waals surface area contributed by atoms with Crippen LogP contribution in [-0.2, 0) is 4.79 Å². The second-order valence-electron chi connectivity index (χ2n) is 6.29. The van der Waals surface area contributed by atoms with E-state index in [2.05, 4.69) is 26.1 Å². The van der Waals surface area contributed by atoms with Crippen LogP contribution in [0.15, 0.2) is 0 Å². The summed E-state index contributed by atoms with van der Waals surface area (Å²) in [6.45, 7) is 7.21. The zero-order chi connectivity index (χ0) is 14.5. The van der Waals surface area contributed by atoms with Gasteiger partial charge in [0.1, 0.15) is 0 Å². The average molecular weight is 284 g/mol. The quantitative estimate of drug-likeness (QED) is 0.603. The number of amides is 1. The summed E-state index contributed by atoms with van der Waals surface area (Å²) in [5.74, 6) is 1.09. The molecule has 0 aromatic heterocycles. The van der Waals surface area contributed by atoms with Gasteiger partial charge in [-0.1, -0.05) is 58.7 Å². The Morgan fingerprint density at radius 1 is 1.21 bits per heavy atom. The van der Waals surface area contributed by atoms with Gasteiger partial charge in [0.25, 0.3) is 0 Å². The molecule has 1 amide bonds. The molecule has 1 saturated carbocycles. The maximum absolute atomic E-state index is 12.6. The van der Waals surface area contributed by atoms with Crippen LogP contribution in [-0.4, -0.2) is 17.4 Å². The number of carbonyl (C=O) groups excluding carboxylic acids is 1. The predicted octanol–water partition coefficient (Wildman–Crippen LogP) is 3.02. The van der Waals surface area contributed by atoms with E-state index in [0.29, 0.717) is 23.4 Å². The van der Waals surface area contributed by atoms with Crippen molar-refractivity contribution < 1.29 is 4.79 Å². The first-order chi connectivity index (χ1) is 8.90. The summed E-state index contributed by atoms with van der Waals surface area (Å²) in [7, 11) is 0. The van der Waals surface area contributed by atoms with Crippen LogP contribution in [0.4, 0.5) is 0 Å². The Labute approximate surface area is 122 Å². The largest absolute Gasteiger partial charge is 0.392 e. The molecule has 0 aromatic carbocycles. The van der Waals surface area contributed by atoms with Crippen LogP contribution >= 0.6 is 12.2 Å². The van der Waals surface area contributed by atoms with Gasteiger partial charge in [-0.3, -0.25) is 4.79 Å². The van der Waals surface area contributed by atoms with E-state index in [1.54, 1.807) is 0 Å². The average Bonchev–Trinajstić information content (AvgIpc) is 2.61. The van der Waals surface area contributed by atoms with Gasteiger partial charge in [-0.2, -0.15) is 0 Å². The molecule has 110 valence electrons. The minimum absolute atomic E-state index is 0.0504. The third kappa shape index (κ3) is 4.16. The molecule has 3 N–H and O–H groups in total. The van der Waals surface area contributed by atoms with E-state index in [4.69, 9.17) is 18.0 Å². The summed E-state index contributed by atoms with van der Waals surface area (Å²) in [5.41, 5.74) is 5.31. The van der Waals surface area contributed by atoms with E-state index in [-0.39, 0.29) is 5.91 Å². The molecule has 0 bridgehead atoms. The molecule has 0 saturated heterocycles. The van der Waals surface area contributed by atoms with Crippen molar-refractivity contribution in [3.63, 3.8) is 0 Å². The van der Waals surface area contributed by atoms with Gasteiger partial charge in [-0.05, 0) is 24.7 Å². The summed E-state index contributed by atoms with van der Waals surface area (Å²) < 4.78 is 0. The number of carbonyl (C=O) groups is 1. The number of thiocarbonyl (C=S) groups is 1. The zero-order valence-corrected chi connectivity index (χ0v) is 13.3. The number of nitrogens with one attached hydrogen (secondary N) is 1. The van der Waals surface area contributed by atoms with E-state index >= 15 is 0 Å². The molecule has 0 spiro atoms. The maximum atomic E-state index is 12.6. The molecular formula is C15H28N2OS. The van der Waals surface area contributed by atoms with Gasteiger partial charge in [0.05, 0.1) is 10.4 Å². The lowest BCUT2D eigenvalue weighted by Gasteiger charge is -2.31. The normalized spacial score (nSPS) is 20.6. The smallest absolute Gasteiger partial charge is 0.233 e. The standard InChI is InChI=1S/C15H28N2OS/c1-11(2)12(3)10-17-14(18)15(13(16)19)8-6-4-5-7-9-15/h11-12H,4-10H2,1-3H3,(H2,16,19)(H,17,18). The van der Waals surface area contributed by atoms with Gasteiger partial charge in [-0.25, -0.2) is 0 Å². The van der Waals surface area contributed by atoms with Gasteiger partial charge in [-0.15, -0.1) is 0 Å². The van der Waals surface area contributed by atoms with Gasteiger partial charge in [0.15, 0.2) is 0 Å². The number of rotatable bonds is 5. The molecule has 1 fully saturated rings. The fourth-order valence-electron chi connectivity index (χ4n) is 2.58. The lowest BCUT2D eigenvalue weighted by molar-refractivity contribution is -0.128. The van der Waals surface area contributed by atoms with Crippen LogP contribution in [0.1, 0.15) is 59.3 Å². The summed E-state index contributed by atoms with van der Waals surface area (Å²) in [4.78, 5) is 12.9. The first kappa shape index (κ1) is 16.4. The molecule has 1 unspecified atom stereocenters. The van der Waals surface area contributed by atoms with E-state index in [9.17, 15) is 4.79 Å². The molecule has 0 heterocycles. The Balaban J connectivity index is 2.70. The summed E-state index contributed by atoms with van der Waals surface area (Å²) >= 11 is 5.21. The Bertz CT molecular complexity index is 320. The molecular weight excluding hydrogens is 256 g/mol. The highest BCUT2D eigenvalue weighted by Crippen LogP contribution is 2.35. The monoisotopic (exact) mass is 284 g/mol. The molecule has 1 aliphatic rings. The molecule has 3 nitrogen and oxygen atoms in total. The Morgan fingerprint density at radius 2 is 1.74 bits per heavy atom. The third-order valence-electron chi connectivity index (χ3n) is 4.59. The highest BCUT2D eigenvalue weighted by Gasteiger charge is 2.41. The molecule has 1 atom stereocenters. The van der Waals surface area contributed by atoms with Crippen molar-refractivity contribution in [1.29, 1.82) is 0 Å². The van der Waals surface area contributed by atoms with Gasteiger partial charge >= 0.3 is 0 Å². The van der Waals surface area contributed by atoms with Crippen LogP contribution in [0.25, 0.3) is 0 Å². The second-order valence-corrected chi connectivity index (χ2v) is 6.73. The molecule has 0 aliphatic heterocycles. The number of nitrogens with two attached hydrogens (primary N) is 1. The molecule has 0 radical (unpaired) electrons. The fraction of sp³-hybridized carbons (Fsp3) is 0.867. The summed E-state index contributed by atoms with van der Waals surface area (Å²) in [5, 5.41) is 3.08. The lowest BCUT2D eigenvalue weighted by atomic mass is 9.79. The van der Waals surface area contributed by atoms with E-state index in [0.717, 1.165) is 25.7 Å². The number of hydrogen-bond donors (Lipinski definition) is 2. The topological polar surface area (TPSA) is 55.1 Å². The van der Waals surface area contributed by atoms with Crippen LogP contribution in [0, 0.1) is 17.3 Å². The lowest BCUT2D eigenvalue weighted by Crippen LogP contribution is -2.49. The predicted molar refractivity (Wildman–Crippen MR) is 83.9 cm³/mol. The highest BCUT2D eigenvalue weighted by molar-refractivity contribution is 7.80. The van der Waals surface area contributed by atoms with Crippen LogP contribution in [0.2, 0.25) is 0 Å². The van der Waals surface area contributed by atoms with Crippen LogP contribution in [0.3, 0.4) is 0 Å². The first-order valence-electron chi connectivity index (χ1n) is 7.48. The third-order valence-corrected chi connectivity index (χ3v) is 4.98. The van der Waals surface area contributed by atoms with Crippen molar-refractivity contribution in [3.05, 3.63) is 0 Å². The SMILES string of the molecule is CC(C)C(C)CNC(=O)C1(C(N)=S)CCCCCC1. The van der Waals surface area contributed by atoms with Crippen molar-refractivity contribution in [2.24, 2.45) is 23.0 Å². The number of hydrogen-bond acceptors (Lipinski definition) is 2. The molecule has 1 aliphatic carbocycles. The van der Waals surface area contributed by atoms with Crippen molar-refractivity contribution >= 4 is 23.1 Å². The summed E-state index contributed by atoms with van der Waals surface area (Å²) in [6.07, 6.45) is 6.07. The van der Waals surface area contributed by atoms with E-state index in [1.165, 1.54) is 12.8 Å². The Morgan fingerprint density at radius 3 is 2.16 bits per heavy atom. The minimum atomic E-state index is -0.595. The van der Waals surface area contributed by atoms with Crippen molar-refractivity contribution in [3.8, 4) is 0 Å². The van der Waals surface area contributed by atoms with Crippen LogP contribution in [0.5, 0.6) is 0 Å². The Hall–Kier alpha value is -0.640. The van der Waals surface area contributed by atoms with E-state index in [1.807, 2.05) is 0 Å². The zero-order valence-electron chi connectivity index (χ0n) is 12.5. The highest BCUT2D eigenvalue weighted by atomic mass is 32.1. The fourth-order valence-corrected chi connectivity index (χ4v) is 2.87. The van der Waals surface area contributed by atoms with Crippen LogP contribution < -0.4 is 11.1 Å². The first-order valence-corrected chi connectivity index (χ1v) is 7.89. The maximum Gasteiger partial charge on any atom is 0.233 e. The van der Waals surface area contributed by atoms with Gasteiger partial charge in [0.2, 0.25) is 5.91 Å². The minimum Gasteiger partial charge on any atom is -0.392 e.